The quantitative estimate of drug-likeness (QED) is 0.778. The molecule has 1 fully saturated rings. The molecule has 0 aliphatic carbocycles. The second kappa shape index (κ2) is 8.38. The summed E-state index contributed by atoms with van der Waals surface area (Å²) < 4.78 is 40.0. The maximum absolute atomic E-state index is 13.2. The highest BCUT2D eigenvalue weighted by Crippen LogP contribution is 2.37. The van der Waals surface area contributed by atoms with Gasteiger partial charge in [0.05, 0.1) is 5.69 Å². The topological polar surface area (TPSA) is 28.2 Å². The smallest absolute Gasteiger partial charge is 0.314 e. The van der Waals surface area contributed by atoms with Gasteiger partial charge in [-0.3, -0.25) is 4.90 Å². The number of aromatic nitrogens is 1. The number of halogens is 6. The van der Waals surface area contributed by atoms with Crippen molar-refractivity contribution in [2.75, 3.05) is 26.2 Å². The maximum atomic E-state index is 13.2. The Kier molecular flexibility index (Phi) is 8.35. The molecule has 3 nitrogen and oxygen atoms in total. The number of nitrogens with one attached hydrogen (secondary N) is 1. The Morgan fingerprint density at radius 3 is 2.30 bits per heavy atom. The van der Waals surface area contributed by atoms with Gasteiger partial charge in [-0.05, 0) is 28.1 Å². The Balaban J connectivity index is 0.00000180. The van der Waals surface area contributed by atoms with Gasteiger partial charge >= 0.3 is 6.18 Å². The summed E-state index contributed by atoms with van der Waals surface area (Å²) in [5.74, 6) is 0. The predicted octanol–water partition coefficient (Wildman–Crippen LogP) is 3.20. The minimum Gasteiger partial charge on any atom is -0.314 e. The molecular formula is C11H15BrCl2F3N3. The molecule has 2 heterocycles. The van der Waals surface area contributed by atoms with Crippen molar-refractivity contribution < 1.29 is 13.2 Å². The Morgan fingerprint density at radius 2 is 1.80 bits per heavy atom. The van der Waals surface area contributed by atoms with Crippen molar-refractivity contribution in [3.63, 3.8) is 0 Å². The van der Waals surface area contributed by atoms with E-state index in [0.29, 0.717) is 30.8 Å². The Labute approximate surface area is 136 Å². The average Bonchev–Trinajstić information content (AvgIpc) is 2.28. The van der Waals surface area contributed by atoms with E-state index in [-0.39, 0.29) is 30.5 Å². The zero-order valence-electron chi connectivity index (χ0n) is 10.4. The first-order chi connectivity index (χ1) is 8.48. The van der Waals surface area contributed by atoms with Crippen LogP contribution in [0.15, 0.2) is 22.8 Å². The van der Waals surface area contributed by atoms with E-state index < -0.39 is 12.2 Å². The van der Waals surface area contributed by atoms with Gasteiger partial charge in [-0.2, -0.15) is 13.2 Å². The first kappa shape index (κ1) is 19.9. The summed E-state index contributed by atoms with van der Waals surface area (Å²) in [4.78, 5) is 5.37. The fourth-order valence-electron chi connectivity index (χ4n) is 2.08. The molecule has 1 N–H and O–H groups in total. The van der Waals surface area contributed by atoms with E-state index in [2.05, 4.69) is 26.2 Å². The molecule has 1 aromatic heterocycles. The molecule has 20 heavy (non-hydrogen) atoms. The molecule has 0 bridgehead atoms. The van der Waals surface area contributed by atoms with Crippen LogP contribution in [0.25, 0.3) is 0 Å². The van der Waals surface area contributed by atoms with Gasteiger partial charge in [0.1, 0.15) is 10.6 Å². The van der Waals surface area contributed by atoms with Crippen LogP contribution in [-0.2, 0) is 0 Å². The van der Waals surface area contributed by atoms with Gasteiger partial charge in [0.15, 0.2) is 0 Å². The van der Waals surface area contributed by atoms with Gasteiger partial charge in [-0.1, -0.05) is 6.07 Å². The lowest BCUT2D eigenvalue weighted by molar-refractivity contribution is -0.188. The summed E-state index contributed by atoms with van der Waals surface area (Å²) in [6, 6.07) is 2.99. The monoisotopic (exact) mass is 395 g/mol. The molecule has 1 aromatic rings. The minimum absolute atomic E-state index is 0. The maximum Gasteiger partial charge on any atom is 0.409 e. The summed E-state index contributed by atoms with van der Waals surface area (Å²) in [6.07, 6.45) is -4.31. The SMILES string of the molecule is Cl.Cl.FC(F)(F)[C@H](c1cccc(Br)n1)N1CCNCC1. The van der Waals surface area contributed by atoms with Crippen LogP contribution in [0.1, 0.15) is 11.7 Å². The summed E-state index contributed by atoms with van der Waals surface area (Å²) in [7, 11) is 0. The van der Waals surface area contributed by atoms with Gasteiger partial charge < -0.3 is 5.32 Å². The van der Waals surface area contributed by atoms with Crippen molar-refractivity contribution >= 4 is 40.7 Å². The molecule has 1 atom stereocenters. The normalized spacial score (nSPS) is 17.8. The van der Waals surface area contributed by atoms with Gasteiger partial charge in [-0.25, -0.2) is 4.98 Å². The van der Waals surface area contributed by atoms with Gasteiger partial charge in [-0.15, -0.1) is 24.8 Å². The first-order valence-corrected chi connectivity index (χ1v) is 6.42. The van der Waals surface area contributed by atoms with Crippen LogP contribution in [0.4, 0.5) is 13.2 Å². The third kappa shape index (κ3) is 5.04. The van der Waals surface area contributed by atoms with Gasteiger partial charge in [0, 0.05) is 26.2 Å². The summed E-state index contributed by atoms with van der Waals surface area (Å²) in [5.41, 5.74) is 0.0405. The second-order valence-corrected chi connectivity index (χ2v) is 4.93. The van der Waals surface area contributed by atoms with Crippen molar-refractivity contribution in [3.05, 3.63) is 28.5 Å². The van der Waals surface area contributed by atoms with Crippen LogP contribution in [0.3, 0.4) is 0 Å². The molecule has 1 aliphatic rings. The van der Waals surface area contributed by atoms with Crippen LogP contribution in [0.2, 0.25) is 0 Å². The number of piperazine rings is 1. The second-order valence-electron chi connectivity index (χ2n) is 4.12. The minimum atomic E-state index is -4.31. The Morgan fingerprint density at radius 1 is 1.20 bits per heavy atom. The lowest BCUT2D eigenvalue weighted by Crippen LogP contribution is -2.49. The van der Waals surface area contributed by atoms with E-state index in [1.54, 1.807) is 12.1 Å². The van der Waals surface area contributed by atoms with Crippen molar-refractivity contribution in [3.8, 4) is 0 Å². The van der Waals surface area contributed by atoms with Crippen molar-refractivity contribution in [1.82, 2.24) is 15.2 Å². The van der Waals surface area contributed by atoms with E-state index in [4.69, 9.17) is 0 Å². The highest BCUT2D eigenvalue weighted by atomic mass is 79.9. The lowest BCUT2D eigenvalue weighted by atomic mass is 10.1. The zero-order chi connectivity index (χ0) is 13.2. The molecule has 1 aliphatic heterocycles. The fourth-order valence-corrected chi connectivity index (χ4v) is 2.44. The molecule has 9 heteroatoms. The van der Waals surface area contributed by atoms with Crippen molar-refractivity contribution in [2.45, 2.75) is 12.2 Å². The molecule has 0 radical (unpaired) electrons. The van der Waals surface area contributed by atoms with Crippen molar-refractivity contribution in [1.29, 1.82) is 0 Å². The van der Waals surface area contributed by atoms with E-state index in [9.17, 15) is 13.2 Å². The summed E-state index contributed by atoms with van der Waals surface area (Å²) in [6.45, 7) is 1.89. The molecule has 0 amide bonds. The molecular weight excluding hydrogens is 382 g/mol. The molecule has 116 valence electrons. The number of alkyl halides is 3. The van der Waals surface area contributed by atoms with Crippen molar-refractivity contribution in [2.24, 2.45) is 0 Å². The zero-order valence-corrected chi connectivity index (χ0v) is 13.6. The van der Waals surface area contributed by atoms with Crippen LogP contribution < -0.4 is 5.32 Å². The fraction of sp³-hybridized carbons (Fsp3) is 0.545. The van der Waals surface area contributed by atoms with Gasteiger partial charge in [0.25, 0.3) is 0 Å². The average molecular weight is 397 g/mol. The highest BCUT2D eigenvalue weighted by Gasteiger charge is 2.45. The van der Waals surface area contributed by atoms with Crippen LogP contribution >= 0.6 is 40.7 Å². The summed E-state index contributed by atoms with van der Waals surface area (Å²) >= 11 is 3.11. The molecule has 0 spiro atoms. The van der Waals surface area contributed by atoms with Gasteiger partial charge in [0.2, 0.25) is 0 Å². The van der Waals surface area contributed by atoms with Crippen LogP contribution in [0, 0.1) is 0 Å². The molecule has 0 unspecified atom stereocenters. The van der Waals surface area contributed by atoms with Crippen LogP contribution in [-0.4, -0.2) is 42.2 Å². The number of hydrogen-bond acceptors (Lipinski definition) is 3. The Hall–Kier alpha value is -0.0800. The standard InChI is InChI=1S/C11H13BrF3N3.2ClH/c12-9-3-1-2-8(17-9)10(11(13,14)15)18-6-4-16-5-7-18;;/h1-3,10,16H,4-7H2;2*1H/t10-;;/m0../s1. The van der Waals surface area contributed by atoms with E-state index in [1.807, 2.05) is 0 Å². The lowest BCUT2D eigenvalue weighted by Gasteiger charge is -2.35. The number of pyridine rings is 1. The number of hydrogen-bond donors (Lipinski definition) is 1. The molecule has 0 aromatic carbocycles. The van der Waals surface area contributed by atoms with E-state index in [0.717, 1.165) is 0 Å². The van der Waals surface area contributed by atoms with E-state index in [1.165, 1.54) is 11.0 Å². The Bertz CT molecular complexity index is 414. The third-order valence-corrected chi connectivity index (χ3v) is 3.29. The largest absolute Gasteiger partial charge is 0.409 e. The highest BCUT2D eigenvalue weighted by molar-refractivity contribution is 9.10. The third-order valence-electron chi connectivity index (χ3n) is 2.84. The first-order valence-electron chi connectivity index (χ1n) is 5.62. The molecule has 0 saturated carbocycles. The van der Waals surface area contributed by atoms with E-state index >= 15 is 0 Å². The molecule has 1 saturated heterocycles. The number of nitrogens with zero attached hydrogens (tertiary/aromatic N) is 2. The van der Waals surface area contributed by atoms with Crippen LogP contribution in [0.5, 0.6) is 0 Å². The number of rotatable bonds is 2. The predicted molar refractivity (Wildman–Crippen MR) is 79.7 cm³/mol. The molecule has 2 rings (SSSR count). The summed E-state index contributed by atoms with van der Waals surface area (Å²) in [5, 5.41) is 3.05.